The first kappa shape index (κ1) is 16.1. The molecule has 23 heavy (non-hydrogen) atoms. The quantitative estimate of drug-likeness (QED) is 0.913. The Morgan fingerprint density at radius 3 is 2.13 bits per heavy atom. The third-order valence-corrected chi connectivity index (χ3v) is 5.89. The van der Waals surface area contributed by atoms with Gasteiger partial charge < -0.3 is 0 Å². The van der Waals surface area contributed by atoms with E-state index < -0.39 is 10.0 Å². The summed E-state index contributed by atoms with van der Waals surface area (Å²) in [5.74, 6) is 0. The van der Waals surface area contributed by atoms with E-state index in [1.807, 2.05) is 45.0 Å². The first-order chi connectivity index (χ1) is 10.9. The lowest BCUT2D eigenvalue weighted by Crippen LogP contribution is -2.16. The molecule has 2 aromatic rings. The topological polar surface area (TPSA) is 46.2 Å². The zero-order chi connectivity index (χ0) is 16.6. The predicted molar refractivity (Wildman–Crippen MR) is 94.5 cm³/mol. The Kier molecular flexibility index (Phi) is 4.19. The molecule has 1 aliphatic rings. The maximum atomic E-state index is 12.8. The van der Waals surface area contributed by atoms with Crippen LogP contribution in [0.4, 0.5) is 5.69 Å². The van der Waals surface area contributed by atoms with Crippen LogP contribution in [0.3, 0.4) is 0 Å². The van der Waals surface area contributed by atoms with Crippen molar-refractivity contribution in [3.63, 3.8) is 0 Å². The fourth-order valence-electron chi connectivity index (χ4n) is 3.41. The number of aryl methyl sites for hydroxylation is 5. The van der Waals surface area contributed by atoms with E-state index >= 15 is 0 Å². The van der Waals surface area contributed by atoms with E-state index in [0.717, 1.165) is 36.0 Å². The number of hydrogen-bond acceptors (Lipinski definition) is 2. The van der Waals surface area contributed by atoms with Gasteiger partial charge in [0.15, 0.2) is 0 Å². The average Bonchev–Trinajstić information content (AvgIpc) is 2.50. The fourth-order valence-corrected chi connectivity index (χ4v) is 4.66. The van der Waals surface area contributed by atoms with Crippen molar-refractivity contribution in [2.75, 3.05) is 4.72 Å². The molecule has 0 amide bonds. The zero-order valence-corrected chi connectivity index (χ0v) is 14.8. The third kappa shape index (κ3) is 3.27. The summed E-state index contributed by atoms with van der Waals surface area (Å²) >= 11 is 0. The van der Waals surface area contributed by atoms with Crippen LogP contribution in [0.1, 0.15) is 40.7 Å². The second-order valence-electron chi connectivity index (χ2n) is 6.52. The molecule has 0 heterocycles. The van der Waals surface area contributed by atoms with Crippen LogP contribution in [-0.2, 0) is 22.9 Å². The number of fused-ring (bicyclic) bond motifs is 1. The van der Waals surface area contributed by atoms with Gasteiger partial charge in [-0.25, -0.2) is 8.42 Å². The molecule has 0 bridgehead atoms. The summed E-state index contributed by atoms with van der Waals surface area (Å²) in [4.78, 5) is 0.359. The van der Waals surface area contributed by atoms with Crippen LogP contribution < -0.4 is 4.72 Å². The molecule has 0 saturated heterocycles. The molecule has 0 unspecified atom stereocenters. The molecule has 4 heteroatoms. The monoisotopic (exact) mass is 329 g/mol. The van der Waals surface area contributed by atoms with Crippen molar-refractivity contribution in [3.8, 4) is 0 Å². The molecule has 0 aromatic heterocycles. The predicted octanol–water partition coefficient (Wildman–Crippen LogP) is 4.29. The molecular weight excluding hydrogens is 306 g/mol. The Labute approximate surface area is 138 Å². The third-order valence-electron chi connectivity index (χ3n) is 4.54. The van der Waals surface area contributed by atoms with Gasteiger partial charge in [-0.2, -0.15) is 0 Å². The highest BCUT2D eigenvalue weighted by Gasteiger charge is 2.19. The zero-order valence-electron chi connectivity index (χ0n) is 13.9. The smallest absolute Gasteiger partial charge is 0.261 e. The van der Waals surface area contributed by atoms with E-state index in [9.17, 15) is 8.42 Å². The highest BCUT2D eigenvalue weighted by Crippen LogP contribution is 2.28. The van der Waals surface area contributed by atoms with Crippen molar-refractivity contribution >= 4 is 15.7 Å². The Bertz CT molecular complexity index is 831. The van der Waals surface area contributed by atoms with Crippen LogP contribution in [0.5, 0.6) is 0 Å². The molecule has 1 aliphatic carbocycles. The van der Waals surface area contributed by atoms with E-state index in [2.05, 4.69) is 4.72 Å². The lowest BCUT2D eigenvalue weighted by atomic mass is 9.92. The standard InChI is InChI=1S/C19H23NO2S/c1-13-10-14(2)19(15(3)11-13)20-23(21,22)18-9-8-16-6-4-5-7-17(16)12-18/h8-12,20H,4-7H2,1-3H3. The number of sulfonamides is 1. The first-order valence-electron chi connectivity index (χ1n) is 8.09. The maximum Gasteiger partial charge on any atom is 0.261 e. The van der Waals surface area contributed by atoms with Crippen LogP contribution in [0.2, 0.25) is 0 Å². The summed E-state index contributed by atoms with van der Waals surface area (Å²) in [6.45, 7) is 5.89. The van der Waals surface area contributed by atoms with Gasteiger partial charge in [-0.3, -0.25) is 4.72 Å². The van der Waals surface area contributed by atoms with Gasteiger partial charge in [-0.05, 0) is 80.8 Å². The number of anilines is 1. The highest BCUT2D eigenvalue weighted by atomic mass is 32.2. The van der Waals surface area contributed by atoms with Crippen LogP contribution >= 0.6 is 0 Å². The van der Waals surface area contributed by atoms with Crippen LogP contribution in [-0.4, -0.2) is 8.42 Å². The molecule has 3 nitrogen and oxygen atoms in total. The van der Waals surface area contributed by atoms with Crippen molar-refractivity contribution in [2.45, 2.75) is 51.3 Å². The molecular formula is C19H23NO2S. The van der Waals surface area contributed by atoms with E-state index in [-0.39, 0.29) is 0 Å². The summed E-state index contributed by atoms with van der Waals surface area (Å²) in [6, 6.07) is 9.54. The van der Waals surface area contributed by atoms with Gasteiger partial charge in [-0.1, -0.05) is 23.8 Å². The van der Waals surface area contributed by atoms with Gasteiger partial charge in [0.1, 0.15) is 0 Å². The van der Waals surface area contributed by atoms with Crippen LogP contribution in [0.25, 0.3) is 0 Å². The minimum atomic E-state index is -3.55. The minimum Gasteiger partial charge on any atom is -0.279 e. The Morgan fingerprint density at radius 2 is 1.48 bits per heavy atom. The molecule has 0 fully saturated rings. The normalized spacial score (nSPS) is 14.4. The first-order valence-corrected chi connectivity index (χ1v) is 9.57. The van der Waals surface area contributed by atoms with E-state index in [1.54, 1.807) is 6.07 Å². The molecule has 0 saturated carbocycles. The highest BCUT2D eigenvalue weighted by molar-refractivity contribution is 7.92. The summed E-state index contributed by atoms with van der Waals surface area (Å²) in [7, 11) is -3.55. The summed E-state index contributed by atoms with van der Waals surface area (Å²) in [5, 5.41) is 0. The van der Waals surface area contributed by atoms with Gasteiger partial charge >= 0.3 is 0 Å². The van der Waals surface area contributed by atoms with Gasteiger partial charge in [0.05, 0.1) is 10.6 Å². The number of hydrogen-bond donors (Lipinski definition) is 1. The van der Waals surface area contributed by atoms with Crippen molar-refractivity contribution in [1.82, 2.24) is 0 Å². The Hall–Kier alpha value is -1.81. The summed E-state index contributed by atoms with van der Waals surface area (Å²) in [6.07, 6.45) is 4.36. The largest absolute Gasteiger partial charge is 0.279 e. The minimum absolute atomic E-state index is 0.359. The molecule has 0 radical (unpaired) electrons. The van der Waals surface area contributed by atoms with E-state index in [4.69, 9.17) is 0 Å². The van der Waals surface area contributed by atoms with Crippen LogP contribution in [0, 0.1) is 20.8 Å². The van der Waals surface area contributed by atoms with Gasteiger partial charge in [-0.15, -0.1) is 0 Å². The molecule has 122 valence electrons. The second kappa shape index (κ2) is 6.00. The summed E-state index contributed by atoms with van der Waals surface area (Å²) in [5.41, 5.74) is 6.19. The molecule has 2 aromatic carbocycles. The van der Waals surface area contributed by atoms with Gasteiger partial charge in [0.2, 0.25) is 0 Å². The molecule has 1 N–H and O–H groups in total. The fraction of sp³-hybridized carbons (Fsp3) is 0.368. The van der Waals surface area contributed by atoms with Crippen molar-refractivity contribution < 1.29 is 8.42 Å². The number of nitrogens with one attached hydrogen (secondary N) is 1. The summed E-state index contributed by atoms with van der Waals surface area (Å²) < 4.78 is 28.3. The lowest BCUT2D eigenvalue weighted by Gasteiger charge is -2.18. The second-order valence-corrected chi connectivity index (χ2v) is 8.20. The van der Waals surface area contributed by atoms with Crippen molar-refractivity contribution in [2.24, 2.45) is 0 Å². The molecule has 3 rings (SSSR count). The Balaban J connectivity index is 1.97. The number of benzene rings is 2. The average molecular weight is 329 g/mol. The molecule has 0 atom stereocenters. The van der Waals surface area contributed by atoms with Crippen molar-refractivity contribution in [1.29, 1.82) is 0 Å². The van der Waals surface area contributed by atoms with Gasteiger partial charge in [0, 0.05) is 0 Å². The number of rotatable bonds is 3. The van der Waals surface area contributed by atoms with E-state index in [0.29, 0.717) is 10.6 Å². The van der Waals surface area contributed by atoms with Gasteiger partial charge in [0.25, 0.3) is 10.0 Å². The maximum absolute atomic E-state index is 12.8. The van der Waals surface area contributed by atoms with E-state index in [1.165, 1.54) is 17.5 Å². The Morgan fingerprint density at radius 1 is 0.870 bits per heavy atom. The molecule has 0 aliphatic heterocycles. The van der Waals surface area contributed by atoms with Crippen LogP contribution in [0.15, 0.2) is 35.2 Å². The van der Waals surface area contributed by atoms with Crippen molar-refractivity contribution in [3.05, 3.63) is 58.1 Å². The lowest BCUT2D eigenvalue weighted by molar-refractivity contribution is 0.600. The molecule has 0 spiro atoms. The SMILES string of the molecule is Cc1cc(C)c(NS(=O)(=O)c2ccc3c(c2)CCCC3)c(C)c1.